The van der Waals surface area contributed by atoms with Crippen LogP contribution in [-0.4, -0.2) is 20.1 Å². The first kappa shape index (κ1) is 13.4. The molecule has 1 N–H and O–H groups in total. The second-order valence-corrected chi connectivity index (χ2v) is 5.62. The van der Waals surface area contributed by atoms with Crippen LogP contribution in [0, 0.1) is 5.92 Å². The fraction of sp³-hybridized carbons (Fsp3) is 0.500. The van der Waals surface area contributed by atoms with E-state index in [9.17, 15) is 4.79 Å². The van der Waals surface area contributed by atoms with Crippen molar-refractivity contribution in [1.29, 1.82) is 0 Å². The van der Waals surface area contributed by atoms with Crippen LogP contribution >= 0.6 is 15.9 Å². The van der Waals surface area contributed by atoms with Crippen LogP contribution in [0.4, 0.5) is 0 Å². The maximum atomic E-state index is 11.6. The van der Waals surface area contributed by atoms with Crippen LogP contribution in [0.3, 0.4) is 0 Å². The quantitative estimate of drug-likeness (QED) is 0.907. The molecule has 0 bridgehead atoms. The first-order valence-electron chi connectivity index (χ1n) is 6.19. The third-order valence-electron chi connectivity index (χ3n) is 3.47. The summed E-state index contributed by atoms with van der Waals surface area (Å²) in [5, 5.41) is 2.71. The van der Waals surface area contributed by atoms with Gasteiger partial charge in [-0.05, 0) is 48.4 Å². The lowest BCUT2D eigenvalue weighted by Gasteiger charge is -2.19. The van der Waals surface area contributed by atoms with E-state index < -0.39 is 0 Å². The van der Waals surface area contributed by atoms with Crippen LogP contribution in [0.25, 0.3) is 0 Å². The van der Waals surface area contributed by atoms with Gasteiger partial charge >= 0.3 is 0 Å². The van der Waals surface area contributed by atoms with Crippen molar-refractivity contribution in [1.82, 2.24) is 5.32 Å². The summed E-state index contributed by atoms with van der Waals surface area (Å²) >= 11 is 3.49. The van der Waals surface area contributed by atoms with Crippen molar-refractivity contribution in [2.45, 2.75) is 25.2 Å². The molecule has 98 valence electrons. The molecule has 1 aliphatic rings. The summed E-state index contributed by atoms with van der Waals surface area (Å²) in [4.78, 5) is 11.6. The predicted molar refractivity (Wildman–Crippen MR) is 74.8 cm³/mol. The zero-order valence-electron chi connectivity index (χ0n) is 10.7. The molecule has 4 heteroatoms. The zero-order chi connectivity index (χ0) is 13.1. The molecular weight excluding hydrogens is 294 g/mol. The van der Waals surface area contributed by atoms with E-state index in [1.807, 2.05) is 12.1 Å². The van der Waals surface area contributed by atoms with Crippen molar-refractivity contribution in [3.8, 4) is 5.75 Å². The fourth-order valence-electron chi connectivity index (χ4n) is 2.33. The Hall–Kier alpha value is -1.03. The number of hydrogen-bond donors (Lipinski definition) is 1. The molecule has 0 saturated heterocycles. The summed E-state index contributed by atoms with van der Waals surface area (Å²) in [5.74, 6) is 1.84. The molecule has 1 unspecified atom stereocenters. The summed E-state index contributed by atoms with van der Waals surface area (Å²) in [6, 6.07) is 6.00. The van der Waals surface area contributed by atoms with Gasteiger partial charge in [-0.3, -0.25) is 4.79 Å². The number of benzene rings is 1. The molecule has 3 nitrogen and oxygen atoms in total. The summed E-state index contributed by atoms with van der Waals surface area (Å²) in [7, 11) is 3.36. The van der Waals surface area contributed by atoms with Crippen molar-refractivity contribution in [2.75, 3.05) is 14.2 Å². The second-order valence-electron chi connectivity index (χ2n) is 4.71. The monoisotopic (exact) mass is 311 g/mol. The van der Waals surface area contributed by atoms with Gasteiger partial charge in [-0.25, -0.2) is 0 Å². The molecule has 1 saturated carbocycles. The molecule has 1 aromatic carbocycles. The van der Waals surface area contributed by atoms with E-state index in [1.165, 1.54) is 12.8 Å². The van der Waals surface area contributed by atoms with Gasteiger partial charge in [0.1, 0.15) is 5.75 Å². The number of ether oxygens (including phenoxy) is 1. The Balaban J connectivity index is 2.29. The van der Waals surface area contributed by atoms with Crippen molar-refractivity contribution in [3.05, 3.63) is 28.2 Å². The molecule has 1 fully saturated rings. The number of hydrogen-bond acceptors (Lipinski definition) is 2. The lowest BCUT2D eigenvalue weighted by Crippen LogP contribution is -2.21. The average molecular weight is 312 g/mol. The Labute approximate surface area is 116 Å². The van der Waals surface area contributed by atoms with E-state index in [4.69, 9.17) is 4.74 Å². The number of halogens is 1. The highest BCUT2D eigenvalue weighted by Gasteiger charge is 2.35. The highest BCUT2D eigenvalue weighted by molar-refractivity contribution is 9.10. The normalized spacial score (nSPS) is 16.2. The van der Waals surface area contributed by atoms with E-state index in [0.717, 1.165) is 15.8 Å². The fourth-order valence-corrected chi connectivity index (χ4v) is 2.70. The average Bonchev–Trinajstić information content (AvgIpc) is 3.19. The van der Waals surface area contributed by atoms with E-state index in [0.29, 0.717) is 12.3 Å². The van der Waals surface area contributed by atoms with Gasteiger partial charge in [-0.15, -0.1) is 0 Å². The molecule has 0 aliphatic heterocycles. The summed E-state index contributed by atoms with van der Waals surface area (Å²) < 4.78 is 6.45. The molecule has 1 atom stereocenters. The molecule has 18 heavy (non-hydrogen) atoms. The number of methoxy groups -OCH3 is 1. The van der Waals surface area contributed by atoms with Crippen LogP contribution in [0.15, 0.2) is 22.7 Å². The Morgan fingerprint density at radius 1 is 1.56 bits per heavy atom. The molecule has 0 heterocycles. The van der Waals surface area contributed by atoms with Crippen LogP contribution in [0.2, 0.25) is 0 Å². The van der Waals surface area contributed by atoms with Crippen LogP contribution in [0.1, 0.15) is 30.7 Å². The lowest BCUT2D eigenvalue weighted by molar-refractivity contribution is -0.121. The first-order valence-corrected chi connectivity index (χ1v) is 6.99. The first-order chi connectivity index (χ1) is 8.65. The van der Waals surface area contributed by atoms with E-state index >= 15 is 0 Å². The summed E-state index contributed by atoms with van der Waals surface area (Å²) in [6.07, 6.45) is 2.95. The third kappa shape index (κ3) is 3.05. The van der Waals surface area contributed by atoms with E-state index in [2.05, 4.69) is 27.3 Å². The van der Waals surface area contributed by atoms with Gasteiger partial charge in [0.2, 0.25) is 5.91 Å². The molecular formula is C14H18BrNO2. The van der Waals surface area contributed by atoms with Crippen LogP contribution in [0.5, 0.6) is 5.75 Å². The molecule has 1 aliphatic carbocycles. The minimum atomic E-state index is 0.0916. The Morgan fingerprint density at radius 2 is 2.28 bits per heavy atom. The molecule has 2 rings (SSSR count). The smallest absolute Gasteiger partial charge is 0.220 e. The van der Waals surface area contributed by atoms with Gasteiger partial charge in [0.15, 0.2) is 0 Å². The maximum Gasteiger partial charge on any atom is 0.220 e. The molecule has 0 aromatic heterocycles. The number of nitrogens with one attached hydrogen (secondary N) is 1. The summed E-state index contributed by atoms with van der Waals surface area (Å²) in [5.41, 5.74) is 1.14. The van der Waals surface area contributed by atoms with Crippen molar-refractivity contribution in [3.63, 3.8) is 0 Å². The topological polar surface area (TPSA) is 38.3 Å². The minimum absolute atomic E-state index is 0.0916. The minimum Gasteiger partial charge on any atom is -0.496 e. The maximum absolute atomic E-state index is 11.6. The van der Waals surface area contributed by atoms with Gasteiger partial charge < -0.3 is 10.1 Å². The third-order valence-corrected chi connectivity index (χ3v) is 3.96. The van der Waals surface area contributed by atoms with Gasteiger partial charge in [-0.2, -0.15) is 0 Å². The van der Waals surface area contributed by atoms with Crippen molar-refractivity contribution >= 4 is 21.8 Å². The number of rotatable bonds is 5. The number of carbonyl (C=O) groups excluding carboxylic acids is 1. The Morgan fingerprint density at radius 3 is 2.83 bits per heavy atom. The Kier molecular flexibility index (Phi) is 4.27. The highest BCUT2D eigenvalue weighted by Crippen LogP contribution is 2.47. The van der Waals surface area contributed by atoms with Crippen molar-refractivity contribution < 1.29 is 9.53 Å². The van der Waals surface area contributed by atoms with Crippen LogP contribution < -0.4 is 10.1 Å². The lowest BCUT2D eigenvalue weighted by atomic mass is 9.90. The standard InChI is InChI=1S/C14H18BrNO2/c1-16-14(17)8-11(9-3-4-9)12-7-10(15)5-6-13(12)18-2/h5-7,9,11H,3-4,8H2,1-2H3,(H,16,17). The highest BCUT2D eigenvalue weighted by atomic mass is 79.9. The summed E-state index contributed by atoms with van der Waals surface area (Å²) in [6.45, 7) is 0. The SMILES string of the molecule is CNC(=O)CC(c1cc(Br)ccc1OC)C1CC1. The largest absolute Gasteiger partial charge is 0.496 e. The Bertz CT molecular complexity index is 443. The van der Waals surface area contributed by atoms with Gasteiger partial charge in [0, 0.05) is 17.9 Å². The van der Waals surface area contributed by atoms with Crippen LogP contribution in [-0.2, 0) is 4.79 Å². The number of carbonyl (C=O) groups is 1. The zero-order valence-corrected chi connectivity index (χ0v) is 12.3. The number of amides is 1. The predicted octanol–water partition coefficient (Wildman–Crippen LogP) is 3.09. The molecule has 0 spiro atoms. The van der Waals surface area contributed by atoms with Gasteiger partial charge in [0.25, 0.3) is 0 Å². The molecule has 1 aromatic rings. The molecule has 1 amide bonds. The van der Waals surface area contributed by atoms with Gasteiger partial charge in [0.05, 0.1) is 7.11 Å². The van der Waals surface area contributed by atoms with Crippen molar-refractivity contribution in [2.24, 2.45) is 5.92 Å². The van der Waals surface area contributed by atoms with E-state index in [1.54, 1.807) is 14.2 Å². The second kappa shape index (κ2) is 5.74. The van der Waals surface area contributed by atoms with Gasteiger partial charge in [-0.1, -0.05) is 15.9 Å². The molecule has 0 radical (unpaired) electrons. The van der Waals surface area contributed by atoms with E-state index in [-0.39, 0.29) is 11.8 Å².